The van der Waals surface area contributed by atoms with E-state index in [-0.39, 0.29) is 0 Å². The van der Waals surface area contributed by atoms with Gasteiger partial charge in [0.15, 0.2) is 0 Å². The van der Waals surface area contributed by atoms with Crippen molar-refractivity contribution in [3.05, 3.63) is 51.6 Å². The smallest absolute Gasteiger partial charge is 0.341 e. The van der Waals surface area contributed by atoms with Crippen molar-refractivity contribution in [3.8, 4) is 16.4 Å². The minimum absolute atomic E-state index is 0.322. The summed E-state index contributed by atoms with van der Waals surface area (Å²) in [7, 11) is 0. The van der Waals surface area contributed by atoms with Gasteiger partial charge in [-0.2, -0.15) is 5.10 Å². The largest absolute Gasteiger partial charge is 0.462 e. The molecule has 3 rings (SSSR count). The first-order chi connectivity index (χ1) is 11.1. The maximum absolute atomic E-state index is 11.7. The zero-order chi connectivity index (χ0) is 16.4. The van der Waals surface area contributed by atoms with E-state index in [4.69, 9.17) is 27.9 Å². The van der Waals surface area contributed by atoms with Gasteiger partial charge >= 0.3 is 5.97 Å². The maximum atomic E-state index is 11.7. The molecule has 0 N–H and O–H groups in total. The van der Waals surface area contributed by atoms with Gasteiger partial charge in [0.25, 0.3) is 0 Å². The highest BCUT2D eigenvalue weighted by molar-refractivity contribution is 7.12. The molecule has 3 aromatic rings. The first-order valence-electron chi connectivity index (χ1n) is 6.71. The second kappa shape index (κ2) is 6.70. The monoisotopic (exact) mass is 367 g/mol. The van der Waals surface area contributed by atoms with Gasteiger partial charge in [0.05, 0.1) is 34.1 Å². The van der Waals surface area contributed by atoms with Crippen molar-refractivity contribution < 1.29 is 9.53 Å². The average Bonchev–Trinajstić information content (AvgIpc) is 3.18. The molecule has 0 aliphatic rings. The first-order valence-corrected chi connectivity index (χ1v) is 8.35. The van der Waals surface area contributed by atoms with E-state index in [1.165, 1.54) is 22.2 Å². The highest BCUT2D eigenvalue weighted by Crippen LogP contribution is 2.30. The quantitative estimate of drug-likeness (QED) is 0.637. The Hall–Kier alpha value is -1.89. The van der Waals surface area contributed by atoms with Crippen molar-refractivity contribution in [3.63, 3.8) is 0 Å². The van der Waals surface area contributed by atoms with E-state index in [2.05, 4.69) is 10.1 Å². The van der Waals surface area contributed by atoms with Crippen LogP contribution in [0.1, 0.15) is 17.3 Å². The summed E-state index contributed by atoms with van der Waals surface area (Å²) in [6, 6.07) is 5.33. The molecule has 0 radical (unpaired) electrons. The van der Waals surface area contributed by atoms with E-state index in [0.717, 1.165) is 11.3 Å². The van der Waals surface area contributed by atoms with Crippen molar-refractivity contribution in [2.75, 3.05) is 6.61 Å². The van der Waals surface area contributed by atoms with Gasteiger partial charge in [-0.3, -0.25) is 0 Å². The fourth-order valence-corrected chi connectivity index (χ4v) is 2.97. The molecule has 0 saturated carbocycles. The number of thiazole rings is 1. The fraction of sp³-hybridized carbons (Fsp3) is 0.133. The van der Waals surface area contributed by atoms with Crippen LogP contribution in [0.2, 0.25) is 10.0 Å². The summed E-state index contributed by atoms with van der Waals surface area (Å²) in [6.45, 7) is 2.08. The van der Waals surface area contributed by atoms with E-state index >= 15 is 0 Å². The molecule has 0 saturated heterocycles. The van der Waals surface area contributed by atoms with Crippen LogP contribution in [-0.2, 0) is 4.74 Å². The van der Waals surface area contributed by atoms with Gasteiger partial charge in [-0.05, 0) is 19.1 Å². The van der Waals surface area contributed by atoms with Crippen LogP contribution in [0.3, 0.4) is 0 Å². The number of esters is 1. The molecule has 0 amide bonds. The van der Waals surface area contributed by atoms with E-state index in [1.807, 2.05) is 11.4 Å². The lowest BCUT2D eigenvalue weighted by atomic mass is 10.2. The summed E-state index contributed by atoms with van der Waals surface area (Å²) in [5.74, 6) is -0.403. The Morgan fingerprint density at radius 1 is 1.35 bits per heavy atom. The Morgan fingerprint density at radius 2 is 2.17 bits per heavy atom. The van der Waals surface area contributed by atoms with Crippen LogP contribution in [-0.4, -0.2) is 27.3 Å². The molecule has 23 heavy (non-hydrogen) atoms. The third kappa shape index (κ3) is 3.39. The van der Waals surface area contributed by atoms with E-state index in [9.17, 15) is 4.79 Å². The minimum Gasteiger partial charge on any atom is -0.462 e. The standard InChI is InChI=1S/C15H11Cl2N3O2S/c1-2-22-14(21)10-6-18-20(7-10)15-19-13(8-23-15)9-3-4-11(16)12(17)5-9/h3-8H,2H2,1H3. The molecular weight excluding hydrogens is 357 g/mol. The molecule has 2 heterocycles. The summed E-state index contributed by atoms with van der Waals surface area (Å²) in [5, 5.41) is 7.65. The second-order valence-electron chi connectivity index (χ2n) is 4.54. The van der Waals surface area contributed by atoms with Gasteiger partial charge in [-0.15, -0.1) is 11.3 Å². The molecule has 0 aliphatic heterocycles. The van der Waals surface area contributed by atoms with E-state index in [1.54, 1.807) is 25.3 Å². The fourth-order valence-electron chi connectivity index (χ4n) is 1.90. The van der Waals surface area contributed by atoms with Gasteiger partial charge in [0, 0.05) is 17.1 Å². The normalized spacial score (nSPS) is 10.7. The molecular formula is C15H11Cl2N3O2S. The third-order valence-corrected chi connectivity index (χ3v) is 4.57. The van der Waals surface area contributed by atoms with Gasteiger partial charge in [0.1, 0.15) is 0 Å². The van der Waals surface area contributed by atoms with E-state index < -0.39 is 5.97 Å². The lowest BCUT2D eigenvalue weighted by molar-refractivity contribution is 0.0526. The molecule has 0 spiro atoms. The number of nitrogens with zero attached hydrogens (tertiary/aromatic N) is 3. The summed E-state index contributed by atoms with van der Waals surface area (Å²) in [6.07, 6.45) is 3.05. The van der Waals surface area contributed by atoms with Crippen LogP contribution in [0.5, 0.6) is 0 Å². The molecule has 0 atom stereocenters. The summed E-state index contributed by atoms with van der Waals surface area (Å²) < 4.78 is 6.48. The second-order valence-corrected chi connectivity index (χ2v) is 6.19. The van der Waals surface area contributed by atoms with Crippen LogP contribution < -0.4 is 0 Å². The average molecular weight is 368 g/mol. The number of aromatic nitrogens is 3. The summed E-state index contributed by atoms with van der Waals surface area (Å²) in [5.41, 5.74) is 2.01. The molecule has 0 unspecified atom stereocenters. The van der Waals surface area contributed by atoms with Gasteiger partial charge < -0.3 is 4.74 Å². The Balaban J connectivity index is 1.87. The topological polar surface area (TPSA) is 57.0 Å². The van der Waals surface area contributed by atoms with Crippen LogP contribution in [0.15, 0.2) is 36.0 Å². The number of ether oxygens (including phenoxy) is 1. The first kappa shape index (κ1) is 16.0. The lowest BCUT2D eigenvalue weighted by Crippen LogP contribution is -2.03. The van der Waals surface area contributed by atoms with Crippen LogP contribution in [0.25, 0.3) is 16.4 Å². The van der Waals surface area contributed by atoms with Crippen LogP contribution >= 0.6 is 34.5 Å². The Labute approximate surface area is 146 Å². The molecule has 0 fully saturated rings. The highest BCUT2D eigenvalue weighted by atomic mass is 35.5. The number of hydrogen-bond acceptors (Lipinski definition) is 5. The zero-order valence-electron chi connectivity index (χ0n) is 12.0. The van der Waals surface area contributed by atoms with Crippen molar-refractivity contribution in [1.29, 1.82) is 0 Å². The Bertz CT molecular complexity index is 860. The number of carbonyl (C=O) groups is 1. The highest BCUT2D eigenvalue weighted by Gasteiger charge is 2.13. The number of benzene rings is 1. The van der Waals surface area contributed by atoms with Crippen LogP contribution in [0.4, 0.5) is 0 Å². The van der Waals surface area contributed by atoms with Gasteiger partial charge in [0.2, 0.25) is 5.13 Å². The third-order valence-electron chi connectivity index (χ3n) is 3.00. The Kier molecular flexibility index (Phi) is 4.66. The van der Waals surface area contributed by atoms with Crippen molar-refractivity contribution >= 4 is 40.5 Å². The maximum Gasteiger partial charge on any atom is 0.341 e. The Morgan fingerprint density at radius 3 is 2.91 bits per heavy atom. The minimum atomic E-state index is -0.403. The van der Waals surface area contributed by atoms with Gasteiger partial charge in [-0.1, -0.05) is 29.3 Å². The predicted octanol–water partition coefficient (Wildman–Crippen LogP) is 4.48. The molecule has 8 heteroatoms. The number of carbonyl (C=O) groups excluding carboxylic acids is 1. The predicted molar refractivity (Wildman–Crippen MR) is 90.6 cm³/mol. The number of rotatable bonds is 4. The number of hydrogen-bond donors (Lipinski definition) is 0. The molecule has 0 bridgehead atoms. The van der Waals surface area contributed by atoms with Crippen LogP contribution in [0, 0.1) is 0 Å². The van der Waals surface area contributed by atoms with Gasteiger partial charge in [-0.25, -0.2) is 14.5 Å². The SMILES string of the molecule is CCOC(=O)c1cnn(-c2nc(-c3ccc(Cl)c(Cl)c3)cs2)c1. The molecule has 1 aromatic carbocycles. The molecule has 2 aromatic heterocycles. The van der Waals surface area contributed by atoms with Crippen molar-refractivity contribution in [1.82, 2.24) is 14.8 Å². The zero-order valence-corrected chi connectivity index (χ0v) is 14.3. The van der Waals surface area contributed by atoms with Crippen molar-refractivity contribution in [2.24, 2.45) is 0 Å². The summed E-state index contributed by atoms with van der Waals surface area (Å²) >= 11 is 13.4. The van der Waals surface area contributed by atoms with E-state index in [0.29, 0.717) is 27.3 Å². The molecule has 118 valence electrons. The lowest BCUT2D eigenvalue weighted by Gasteiger charge is -1.99. The number of halogens is 2. The summed E-state index contributed by atoms with van der Waals surface area (Å²) in [4.78, 5) is 16.2. The molecule has 0 aliphatic carbocycles. The van der Waals surface area contributed by atoms with Crippen molar-refractivity contribution in [2.45, 2.75) is 6.92 Å². The molecule has 5 nitrogen and oxygen atoms in total.